The van der Waals surface area contributed by atoms with E-state index in [1.807, 2.05) is 31.2 Å². The fourth-order valence-electron chi connectivity index (χ4n) is 1.79. The number of nitrogens with zero attached hydrogens (tertiary/aromatic N) is 1. The maximum absolute atomic E-state index is 11.9. The molecule has 1 N–H and O–H groups in total. The fourth-order valence-corrected chi connectivity index (χ4v) is 2.06. The van der Waals surface area contributed by atoms with Crippen molar-refractivity contribution < 1.29 is 19.4 Å². The molecule has 0 spiro atoms. The molecule has 0 atom stereocenters. The van der Waals surface area contributed by atoms with Crippen LogP contribution in [0.5, 0.6) is 5.75 Å². The summed E-state index contributed by atoms with van der Waals surface area (Å²) in [6, 6.07) is 7.50. The first-order chi connectivity index (χ1) is 10.0. The summed E-state index contributed by atoms with van der Waals surface area (Å²) in [4.78, 5) is 24.0. The second-order valence-corrected chi connectivity index (χ2v) is 5.44. The van der Waals surface area contributed by atoms with Crippen LogP contribution in [0.15, 0.2) is 28.7 Å². The van der Waals surface area contributed by atoms with Crippen molar-refractivity contribution in [1.82, 2.24) is 4.90 Å². The summed E-state index contributed by atoms with van der Waals surface area (Å²) in [5.41, 5.74) is 0. The van der Waals surface area contributed by atoms with Crippen LogP contribution < -0.4 is 4.74 Å². The molecule has 0 fully saturated rings. The summed E-state index contributed by atoms with van der Waals surface area (Å²) in [5.74, 6) is -0.151. The number of halogens is 1. The summed E-state index contributed by atoms with van der Waals surface area (Å²) in [6.07, 6.45) is 0.956. The van der Waals surface area contributed by atoms with Gasteiger partial charge in [0.15, 0.2) is 0 Å². The number of hydrogen-bond acceptors (Lipinski definition) is 3. The lowest BCUT2D eigenvalue weighted by Crippen LogP contribution is -2.32. The molecule has 5 nitrogen and oxygen atoms in total. The van der Waals surface area contributed by atoms with E-state index in [0.717, 1.165) is 10.2 Å². The van der Waals surface area contributed by atoms with Gasteiger partial charge in [0.2, 0.25) is 5.91 Å². The van der Waals surface area contributed by atoms with Crippen LogP contribution in [0.3, 0.4) is 0 Å². The van der Waals surface area contributed by atoms with Crippen molar-refractivity contribution in [2.45, 2.75) is 26.2 Å². The topological polar surface area (TPSA) is 66.8 Å². The van der Waals surface area contributed by atoms with Gasteiger partial charge in [-0.05, 0) is 37.6 Å². The van der Waals surface area contributed by atoms with E-state index in [2.05, 4.69) is 15.9 Å². The molecule has 0 bridgehead atoms. The first-order valence-electron chi connectivity index (χ1n) is 6.91. The molecule has 0 saturated heterocycles. The maximum Gasteiger partial charge on any atom is 0.305 e. The normalized spacial score (nSPS) is 10.2. The Kier molecular flexibility index (Phi) is 7.82. The van der Waals surface area contributed by atoms with Gasteiger partial charge in [0.05, 0.1) is 13.0 Å². The number of ether oxygens (including phenoxy) is 1. The zero-order valence-corrected chi connectivity index (χ0v) is 13.6. The van der Waals surface area contributed by atoms with Crippen LogP contribution in [0.4, 0.5) is 0 Å². The predicted molar refractivity (Wildman–Crippen MR) is 83.4 cm³/mol. The van der Waals surface area contributed by atoms with E-state index in [9.17, 15) is 9.59 Å². The molecule has 21 heavy (non-hydrogen) atoms. The van der Waals surface area contributed by atoms with E-state index in [1.54, 1.807) is 4.90 Å². The van der Waals surface area contributed by atoms with Crippen LogP contribution in [0.25, 0.3) is 0 Å². The number of benzene rings is 1. The third kappa shape index (κ3) is 7.13. The highest BCUT2D eigenvalue weighted by molar-refractivity contribution is 9.10. The molecule has 0 aromatic heterocycles. The van der Waals surface area contributed by atoms with Gasteiger partial charge in [-0.3, -0.25) is 9.59 Å². The molecule has 116 valence electrons. The number of rotatable bonds is 9. The molecule has 0 radical (unpaired) electrons. The van der Waals surface area contributed by atoms with E-state index in [-0.39, 0.29) is 18.9 Å². The summed E-state index contributed by atoms with van der Waals surface area (Å²) >= 11 is 3.35. The molecule has 0 aliphatic carbocycles. The van der Waals surface area contributed by atoms with Crippen molar-refractivity contribution in [3.05, 3.63) is 28.7 Å². The standard InChI is InChI=1S/C15H20BrNO4/c1-2-17(10-9-15(19)20)14(18)4-3-11-21-13-7-5-12(16)6-8-13/h5-8H,2-4,9-11H2,1H3,(H,19,20). The molecule has 0 unspecified atom stereocenters. The van der Waals surface area contributed by atoms with Gasteiger partial charge in [-0.15, -0.1) is 0 Å². The molecule has 6 heteroatoms. The zero-order chi connectivity index (χ0) is 15.7. The number of carbonyl (C=O) groups excluding carboxylic acids is 1. The number of aliphatic carboxylic acids is 1. The molecule has 1 aromatic carbocycles. The lowest BCUT2D eigenvalue weighted by molar-refractivity contribution is -0.138. The number of carbonyl (C=O) groups is 2. The SMILES string of the molecule is CCN(CCC(=O)O)C(=O)CCCOc1ccc(Br)cc1. The number of carboxylic acids is 1. The highest BCUT2D eigenvalue weighted by Crippen LogP contribution is 2.16. The largest absolute Gasteiger partial charge is 0.494 e. The van der Waals surface area contributed by atoms with Crippen molar-refractivity contribution in [1.29, 1.82) is 0 Å². The smallest absolute Gasteiger partial charge is 0.305 e. The molecule has 1 amide bonds. The van der Waals surface area contributed by atoms with Crippen molar-refractivity contribution in [3.8, 4) is 5.75 Å². The minimum Gasteiger partial charge on any atom is -0.494 e. The highest BCUT2D eigenvalue weighted by atomic mass is 79.9. The van der Waals surface area contributed by atoms with Crippen LogP contribution in [-0.4, -0.2) is 41.6 Å². The second-order valence-electron chi connectivity index (χ2n) is 4.52. The van der Waals surface area contributed by atoms with E-state index in [4.69, 9.17) is 9.84 Å². The number of hydrogen-bond donors (Lipinski definition) is 1. The highest BCUT2D eigenvalue weighted by Gasteiger charge is 2.12. The maximum atomic E-state index is 11.9. The molecule has 0 heterocycles. The Morgan fingerprint density at radius 2 is 1.90 bits per heavy atom. The summed E-state index contributed by atoms with van der Waals surface area (Å²) in [5, 5.41) is 8.64. The minimum absolute atomic E-state index is 0.0189. The molecule has 0 aliphatic heterocycles. The average Bonchev–Trinajstić information content (AvgIpc) is 2.46. The predicted octanol–water partition coefficient (Wildman–Crippen LogP) is 2.93. The fraction of sp³-hybridized carbons (Fsp3) is 0.467. The molecular weight excluding hydrogens is 338 g/mol. The summed E-state index contributed by atoms with van der Waals surface area (Å²) < 4.78 is 6.53. The Bertz CT molecular complexity index is 461. The van der Waals surface area contributed by atoms with Gasteiger partial charge >= 0.3 is 5.97 Å². The average molecular weight is 358 g/mol. The lowest BCUT2D eigenvalue weighted by Gasteiger charge is -2.19. The Balaban J connectivity index is 2.25. The van der Waals surface area contributed by atoms with Crippen LogP contribution in [0.1, 0.15) is 26.2 Å². The Hall–Kier alpha value is -1.56. The van der Waals surface area contributed by atoms with Crippen molar-refractivity contribution in [2.24, 2.45) is 0 Å². The lowest BCUT2D eigenvalue weighted by atomic mass is 10.2. The van der Waals surface area contributed by atoms with Gasteiger partial charge in [0.1, 0.15) is 5.75 Å². The third-order valence-electron chi connectivity index (χ3n) is 2.95. The van der Waals surface area contributed by atoms with Crippen LogP contribution in [-0.2, 0) is 9.59 Å². The van der Waals surface area contributed by atoms with E-state index in [0.29, 0.717) is 26.0 Å². The molecule has 0 saturated carbocycles. The van der Waals surface area contributed by atoms with Crippen molar-refractivity contribution in [3.63, 3.8) is 0 Å². The van der Waals surface area contributed by atoms with Gasteiger partial charge in [-0.25, -0.2) is 0 Å². The monoisotopic (exact) mass is 357 g/mol. The summed E-state index contributed by atoms with van der Waals surface area (Å²) in [6.45, 7) is 3.10. The number of carboxylic acid groups (broad SMARTS) is 1. The van der Waals surface area contributed by atoms with E-state index < -0.39 is 5.97 Å². The van der Waals surface area contributed by atoms with E-state index in [1.165, 1.54) is 0 Å². The van der Waals surface area contributed by atoms with E-state index >= 15 is 0 Å². The second kappa shape index (κ2) is 9.39. The Labute approximate surface area is 133 Å². The Morgan fingerprint density at radius 3 is 2.48 bits per heavy atom. The van der Waals surface area contributed by atoms with Gasteiger partial charge in [0.25, 0.3) is 0 Å². The first-order valence-corrected chi connectivity index (χ1v) is 7.70. The summed E-state index contributed by atoms with van der Waals surface area (Å²) in [7, 11) is 0. The van der Waals surface area contributed by atoms with Crippen molar-refractivity contribution >= 4 is 27.8 Å². The van der Waals surface area contributed by atoms with Crippen LogP contribution in [0.2, 0.25) is 0 Å². The van der Waals surface area contributed by atoms with Crippen molar-refractivity contribution in [2.75, 3.05) is 19.7 Å². The molecule has 1 aromatic rings. The molecule has 1 rings (SSSR count). The van der Waals surface area contributed by atoms with Gasteiger partial charge in [0, 0.05) is 24.0 Å². The third-order valence-corrected chi connectivity index (χ3v) is 3.48. The van der Waals surface area contributed by atoms with Crippen LogP contribution >= 0.6 is 15.9 Å². The number of amides is 1. The minimum atomic E-state index is -0.889. The van der Waals surface area contributed by atoms with Crippen LogP contribution in [0, 0.1) is 0 Å². The Morgan fingerprint density at radius 1 is 1.24 bits per heavy atom. The quantitative estimate of drug-likeness (QED) is 0.690. The van der Waals surface area contributed by atoms with Gasteiger partial charge in [-0.2, -0.15) is 0 Å². The first kappa shape index (κ1) is 17.5. The molecular formula is C15H20BrNO4. The van der Waals surface area contributed by atoms with Gasteiger partial charge in [-0.1, -0.05) is 15.9 Å². The van der Waals surface area contributed by atoms with Gasteiger partial charge < -0.3 is 14.7 Å². The molecule has 0 aliphatic rings. The zero-order valence-electron chi connectivity index (χ0n) is 12.0.